The van der Waals surface area contributed by atoms with Crippen molar-refractivity contribution >= 4 is 29.1 Å². The van der Waals surface area contributed by atoms with E-state index in [1.165, 1.54) is 22.6 Å². The molecule has 2 aromatic carbocycles. The van der Waals surface area contributed by atoms with Crippen LogP contribution in [0.3, 0.4) is 0 Å². The van der Waals surface area contributed by atoms with Gasteiger partial charge < -0.3 is 16.0 Å². The Hall–Kier alpha value is -2.91. The molecule has 3 N–H and O–H groups in total. The molecule has 0 spiro atoms. The number of nitrogens with zero attached hydrogens (tertiary/aromatic N) is 1. The number of benzene rings is 2. The largest absolute Gasteiger partial charge is 0.353 e. The lowest BCUT2D eigenvalue weighted by molar-refractivity contribution is -0.130. The molecule has 188 valence electrons. The normalized spacial score (nSPS) is 17.3. The Morgan fingerprint density at radius 1 is 1.14 bits per heavy atom. The van der Waals surface area contributed by atoms with Gasteiger partial charge in [-0.2, -0.15) is 0 Å². The maximum atomic E-state index is 13.8. The summed E-state index contributed by atoms with van der Waals surface area (Å²) < 4.78 is 27.6. The minimum atomic E-state index is -0.723. The molecular formula is C26H32F2N4O2S. The number of halogens is 2. The van der Waals surface area contributed by atoms with Crippen LogP contribution in [0.25, 0.3) is 0 Å². The van der Waals surface area contributed by atoms with Crippen molar-refractivity contribution in [3.8, 4) is 0 Å². The number of carbonyl (C=O) groups is 2. The number of hydrogen-bond acceptors (Lipinski definition) is 4. The summed E-state index contributed by atoms with van der Waals surface area (Å²) in [5.74, 6) is -1.99. The minimum Gasteiger partial charge on any atom is -0.353 e. The van der Waals surface area contributed by atoms with Crippen LogP contribution >= 0.6 is 12.2 Å². The van der Waals surface area contributed by atoms with Gasteiger partial charge in [0.2, 0.25) is 5.91 Å². The standard InChI is InChI=1S/C26H32F2N4O2S/c1-4-17-6-5-7-18(8-17)15-29-14-16(2)22(11-19-9-20(27)12-21(28)10-19)30-24(33)13-23-25(34)32(3)26(35)31-23/h5-10,12,16,22-23,29H,4,11,13-15H2,1-3H3,(H,30,33)(H,31,35)/t16?,22-,23-/m0/s1. The van der Waals surface area contributed by atoms with E-state index in [0.29, 0.717) is 18.7 Å². The van der Waals surface area contributed by atoms with Crippen molar-refractivity contribution in [3.63, 3.8) is 0 Å². The predicted octanol–water partition coefficient (Wildman–Crippen LogP) is 3.09. The summed E-state index contributed by atoms with van der Waals surface area (Å²) in [5, 5.41) is 9.52. The van der Waals surface area contributed by atoms with Crippen molar-refractivity contribution in [2.24, 2.45) is 5.92 Å². The number of carbonyl (C=O) groups excluding carboxylic acids is 2. The lowest BCUT2D eigenvalue weighted by atomic mass is 9.94. The molecule has 0 aromatic heterocycles. The summed E-state index contributed by atoms with van der Waals surface area (Å²) >= 11 is 5.08. The number of amides is 2. The average molecular weight is 503 g/mol. The number of rotatable bonds is 11. The third-order valence-corrected chi connectivity index (χ3v) is 6.62. The van der Waals surface area contributed by atoms with Gasteiger partial charge >= 0.3 is 0 Å². The first kappa shape index (κ1) is 26.7. The van der Waals surface area contributed by atoms with Crippen molar-refractivity contribution in [2.75, 3.05) is 13.6 Å². The van der Waals surface area contributed by atoms with E-state index in [1.54, 1.807) is 7.05 Å². The number of hydrogen-bond donors (Lipinski definition) is 3. The minimum absolute atomic E-state index is 0.0596. The molecular weight excluding hydrogens is 470 g/mol. The highest BCUT2D eigenvalue weighted by atomic mass is 32.1. The Bertz CT molecular complexity index is 1060. The quantitative estimate of drug-likeness (QED) is 0.412. The molecule has 0 radical (unpaired) electrons. The second-order valence-corrected chi connectivity index (χ2v) is 9.43. The van der Waals surface area contributed by atoms with Gasteiger partial charge in [0, 0.05) is 25.7 Å². The van der Waals surface area contributed by atoms with E-state index in [0.717, 1.165) is 18.1 Å². The van der Waals surface area contributed by atoms with Crippen LogP contribution in [0, 0.1) is 17.6 Å². The van der Waals surface area contributed by atoms with Crippen LogP contribution in [0.2, 0.25) is 0 Å². The molecule has 6 nitrogen and oxygen atoms in total. The number of aryl methyl sites for hydroxylation is 1. The average Bonchev–Trinajstić information content (AvgIpc) is 3.04. The molecule has 9 heteroatoms. The first-order valence-corrected chi connectivity index (χ1v) is 12.2. The molecule has 3 rings (SSSR count). The molecule has 35 heavy (non-hydrogen) atoms. The maximum Gasteiger partial charge on any atom is 0.251 e. The van der Waals surface area contributed by atoms with E-state index in [2.05, 4.69) is 41.1 Å². The summed E-state index contributed by atoms with van der Waals surface area (Å²) in [7, 11) is 1.56. The molecule has 2 amide bonds. The molecule has 0 aliphatic carbocycles. The Morgan fingerprint density at radius 2 is 1.83 bits per heavy atom. The zero-order valence-corrected chi connectivity index (χ0v) is 21.1. The molecule has 2 aromatic rings. The fourth-order valence-corrected chi connectivity index (χ4v) is 4.39. The summed E-state index contributed by atoms with van der Waals surface area (Å²) in [6.07, 6.45) is 1.13. The molecule has 1 aliphatic rings. The van der Waals surface area contributed by atoms with Crippen LogP contribution in [0.15, 0.2) is 42.5 Å². The van der Waals surface area contributed by atoms with Gasteiger partial charge in [0.05, 0.1) is 6.42 Å². The van der Waals surface area contributed by atoms with Gasteiger partial charge in [-0.05, 0) is 66.3 Å². The molecule has 0 saturated carbocycles. The van der Waals surface area contributed by atoms with E-state index in [1.807, 2.05) is 13.0 Å². The Labute approximate surface area is 210 Å². The van der Waals surface area contributed by atoms with Gasteiger partial charge in [0.15, 0.2) is 5.11 Å². The van der Waals surface area contributed by atoms with Crippen LogP contribution in [-0.2, 0) is 29.0 Å². The van der Waals surface area contributed by atoms with E-state index >= 15 is 0 Å². The van der Waals surface area contributed by atoms with E-state index in [-0.39, 0.29) is 35.7 Å². The fourth-order valence-electron chi connectivity index (χ4n) is 4.15. The van der Waals surface area contributed by atoms with Crippen molar-refractivity contribution < 1.29 is 18.4 Å². The Morgan fingerprint density at radius 3 is 2.46 bits per heavy atom. The summed E-state index contributed by atoms with van der Waals surface area (Å²) in [6.45, 7) is 5.32. The first-order chi connectivity index (χ1) is 16.7. The van der Waals surface area contributed by atoms with Gasteiger partial charge in [-0.15, -0.1) is 0 Å². The third kappa shape index (κ3) is 7.53. The van der Waals surface area contributed by atoms with Crippen LogP contribution in [-0.4, -0.2) is 47.5 Å². The van der Waals surface area contributed by atoms with Crippen molar-refractivity contribution in [2.45, 2.75) is 51.7 Å². The smallest absolute Gasteiger partial charge is 0.251 e. The number of likely N-dealkylation sites (N-methyl/N-ethyl adjacent to an activating group) is 1. The SMILES string of the molecule is CCc1cccc(CNCC(C)[C@H](Cc2cc(F)cc(F)c2)NC(=O)C[C@@H]2NC(=S)N(C)C2=O)c1. The molecule has 1 aliphatic heterocycles. The molecule has 1 unspecified atom stereocenters. The topological polar surface area (TPSA) is 73.5 Å². The van der Waals surface area contributed by atoms with Crippen LogP contribution in [0.1, 0.15) is 37.0 Å². The lowest BCUT2D eigenvalue weighted by Crippen LogP contribution is -2.46. The highest BCUT2D eigenvalue weighted by Crippen LogP contribution is 2.16. The van der Waals surface area contributed by atoms with Crippen molar-refractivity contribution in [1.82, 2.24) is 20.9 Å². The lowest BCUT2D eigenvalue weighted by Gasteiger charge is -2.26. The molecule has 3 atom stereocenters. The Balaban J connectivity index is 1.65. The van der Waals surface area contributed by atoms with Crippen LogP contribution in [0.5, 0.6) is 0 Å². The fraction of sp³-hybridized carbons (Fsp3) is 0.423. The second-order valence-electron chi connectivity index (χ2n) is 9.04. The highest BCUT2D eigenvalue weighted by Gasteiger charge is 2.34. The summed E-state index contributed by atoms with van der Waals surface area (Å²) in [6, 6.07) is 10.6. The van der Waals surface area contributed by atoms with Crippen molar-refractivity contribution in [1.29, 1.82) is 0 Å². The first-order valence-electron chi connectivity index (χ1n) is 11.8. The van der Waals surface area contributed by atoms with Gasteiger partial charge in [-0.3, -0.25) is 14.5 Å². The van der Waals surface area contributed by atoms with Crippen LogP contribution < -0.4 is 16.0 Å². The summed E-state index contributed by atoms with van der Waals surface area (Å²) in [4.78, 5) is 26.4. The van der Waals surface area contributed by atoms with Crippen molar-refractivity contribution in [3.05, 3.63) is 70.8 Å². The molecule has 1 saturated heterocycles. The van der Waals surface area contributed by atoms with Crippen LogP contribution in [0.4, 0.5) is 8.78 Å². The zero-order valence-electron chi connectivity index (χ0n) is 20.2. The van der Waals surface area contributed by atoms with E-state index in [9.17, 15) is 18.4 Å². The second kappa shape index (κ2) is 12.2. The zero-order chi connectivity index (χ0) is 25.5. The van der Waals surface area contributed by atoms with E-state index < -0.39 is 23.7 Å². The molecule has 1 heterocycles. The maximum absolute atomic E-state index is 13.8. The van der Waals surface area contributed by atoms with E-state index in [4.69, 9.17) is 12.2 Å². The number of nitrogens with one attached hydrogen (secondary N) is 3. The number of thiocarbonyl (C=S) groups is 1. The van der Waals surface area contributed by atoms with Gasteiger partial charge in [0.25, 0.3) is 5.91 Å². The van der Waals surface area contributed by atoms with Gasteiger partial charge in [-0.25, -0.2) is 8.78 Å². The van der Waals surface area contributed by atoms with Gasteiger partial charge in [0.1, 0.15) is 17.7 Å². The predicted molar refractivity (Wildman–Crippen MR) is 136 cm³/mol. The molecule has 1 fully saturated rings. The monoisotopic (exact) mass is 502 g/mol. The molecule has 0 bridgehead atoms. The summed E-state index contributed by atoms with van der Waals surface area (Å²) in [5.41, 5.74) is 2.87. The third-order valence-electron chi connectivity index (χ3n) is 6.23. The Kier molecular flexibility index (Phi) is 9.28. The highest BCUT2D eigenvalue weighted by molar-refractivity contribution is 7.80. The van der Waals surface area contributed by atoms with Gasteiger partial charge in [-0.1, -0.05) is 38.1 Å².